The van der Waals surface area contributed by atoms with Crippen molar-refractivity contribution in [3.05, 3.63) is 94.8 Å². The Morgan fingerprint density at radius 3 is 2.53 bits per heavy atom. The molecule has 0 radical (unpaired) electrons. The van der Waals surface area contributed by atoms with Gasteiger partial charge in [0.2, 0.25) is 11.7 Å². The predicted octanol–water partition coefficient (Wildman–Crippen LogP) is 3.45. The maximum Gasteiger partial charge on any atom is 0.267 e. The van der Waals surface area contributed by atoms with E-state index in [2.05, 4.69) is 15.5 Å². The zero-order chi connectivity index (χ0) is 23.5. The van der Waals surface area contributed by atoms with Gasteiger partial charge >= 0.3 is 0 Å². The van der Waals surface area contributed by atoms with Crippen LogP contribution in [0.2, 0.25) is 0 Å². The molecule has 1 amide bonds. The second kappa shape index (κ2) is 9.40. The number of para-hydroxylation sites is 3. The Morgan fingerprint density at radius 1 is 0.971 bits per heavy atom. The second-order valence-corrected chi connectivity index (χ2v) is 8.43. The number of rotatable bonds is 7. The number of carbonyl (C=O) groups excluding carboxylic acids is 1. The summed E-state index contributed by atoms with van der Waals surface area (Å²) in [6.45, 7) is 0.362. The van der Waals surface area contributed by atoms with Gasteiger partial charge in [-0.1, -0.05) is 60.3 Å². The van der Waals surface area contributed by atoms with Crippen LogP contribution in [0.1, 0.15) is 5.56 Å². The van der Waals surface area contributed by atoms with Crippen molar-refractivity contribution < 1.29 is 9.53 Å². The van der Waals surface area contributed by atoms with Gasteiger partial charge in [-0.15, -0.1) is 10.2 Å². The zero-order valence-corrected chi connectivity index (χ0v) is 19.2. The van der Waals surface area contributed by atoms with Gasteiger partial charge in [0.25, 0.3) is 5.56 Å². The van der Waals surface area contributed by atoms with Crippen LogP contribution in [0, 0.1) is 0 Å². The average molecular weight is 472 g/mol. The summed E-state index contributed by atoms with van der Waals surface area (Å²) < 4.78 is 8.70. The SMILES string of the molecule is COc1ccccc1CNC(=O)CSc1nnc2n(-c3ccccc3)c(=O)c3ccccc3n12. The lowest BCUT2D eigenvalue weighted by atomic mass is 10.2. The fraction of sp³-hybridized carbons (Fsp3) is 0.120. The molecule has 0 fully saturated rings. The fourth-order valence-electron chi connectivity index (χ4n) is 3.81. The molecule has 2 heterocycles. The number of nitrogens with one attached hydrogen (secondary N) is 1. The van der Waals surface area contributed by atoms with E-state index in [1.165, 1.54) is 11.8 Å². The Balaban J connectivity index is 1.45. The van der Waals surface area contributed by atoms with Crippen LogP contribution in [-0.2, 0) is 11.3 Å². The number of methoxy groups -OCH3 is 1. The molecule has 5 rings (SSSR count). The summed E-state index contributed by atoms with van der Waals surface area (Å²) in [6, 6.07) is 24.2. The smallest absolute Gasteiger partial charge is 0.267 e. The first-order valence-corrected chi connectivity index (χ1v) is 11.6. The van der Waals surface area contributed by atoms with Gasteiger partial charge in [-0.05, 0) is 30.3 Å². The van der Waals surface area contributed by atoms with E-state index < -0.39 is 0 Å². The molecule has 3 aromatic carbocycles. The number of aromatic nitrogens is 4. The third kappa shape index (κ3) is 4.01. The number of nitrogens with zero attached hydrogens (tertiary/aromatic N) is 4. The normalized spacial score (nSPS) is 11.1. The number of fused-ring (bicyclic) bond motifs is 3. The number of hydrogen-bond acceptors (Lipinski definition) is 6. The third-order valence-corrected chi connectivity index (χ3v) is 6.34. The van der Waals surface area contributed by atoms with E-state index >= 15 is 0 Å². The van der Waals surface area contributed by atoms with Crippen molar-refractivity contribution >= 4 is 34.3 Å². The zero-order valence-electron chi connectivity index (χ0n) is 18.3. The number of carbonyl (C=O) groups is 1. The number of hydrogen-bond donors (Lipinski definition) is 1. The van der Waals surface area contributed by atoms with E-state index in [0.29, 0.717) is 34.1 Å². The second-order valence-electron chi connectivity index (χ2n) is 7.49. The lowest BCUT2D eigenvalue weighted by Crippen LogP contribution is -2.25. The van der Waals surface area contributed by atoms with Crippen molar-refractivity contribution in [3.63, 3.8) is 0 Å². The third-order valence-electron chi connectivity index (χ3n) is 5.41. The van der Waals surface area contributed by atoms with Crippen LogP contribution in [0.4, 0.5) is 0 Å². The van der Waals surface area contributed by atoms with Crippen molar-refractivity contribution in [2.75, 3.05) is 12.9 Å². The Hall–Kier alpha value is -4.11. The molecule has 0 aliphatic carbocycles. The van der Waals surface area contributed by atoms with E-state index in [0.717, 1.165) is 11.3 Å². The molecule has 0 saturated carbocycles. The summed E-state index contributed by atoms with van der Waals surface area (Å²) in [6.07, 6.45) is 0. The maximum absolute atomic E-state index is 13.3. The van der Waals surface area contributed by atoms with Crippen LogP contribution in [0.5, 0.6) is 5.75 Å². The number of ether oxygens (including phenoxy) is 1. The van der Waals surface area contributed by atoms with Crippen molar-refractivity contribution in [2.24, 2.45) is 0 Å². The Bertz CT molecular complexity index is 1550. The minimum absolute atomic E-state index is 0.145. The summed E-state index contributed by atoms with van der Waals surface area (Å²) >= 11 is 1.27. The highest BCUT2D eigenvalue weighted by atomic mass is 32.2. The van der Waals surface area contributed by atoms with Crippen LogP contribution >= 0.6 is 11.8 Å². The molecular weight excluding hydrogens is 450 g/mol. The molecule has 2 aromatic heterocycles. The van der Waals surface area contributed by atoms with E-state index in [1.54, 1.807) is 17.7 Å². The number of benzene rings is 3. The van der Waals surface area contributed by atoms with Crippen molar-refractivity contribution in [3.8, 4) is 11.4 Å². The van der Waals surface area contributed by atoms with Crippen LogP contribution in [0.25, 0.3) is 22.4 Å². The largest absolute Gasteiger partial charge is 0.496 e. The molecule has 0 unspecified atom stereocenters. The first-order valence-electron chi connectivity index (χ1n) is 10.6. The van der Waals surface area contributed by atoms with Gasteiger partial charge in [-0.2, -0.15) is 0 Å². The molecule has 8 nitrogen and oxygen atoms in total. The summed E-state index contributed by atoms with van der Waals surface area (Å²) in [7, 11) is 1.60. The molecule has 170 valence electrons. The molecule has 0 saturated heterocycles. The maximum atomic E-state index is 13.3. The van der Waals surface area contributed by atoms with Crippen LogP contribution in [0.3, 0.4) is 0 Å². The Morgan fingerprint density at radius 2 is 1.71 bits per heavy atom. The lowest BCUT2D eigenvalue weighted by molar-refractivity contribution is -0.118. The highest BCUT2D eigenvalue weighted by Gasteiger charge is 2.18. The molecule has 0 aliphatic rings. The van der Waals surface area contributed by atoms with E-state index in [1.807, 2.05) is 77.2 Å². The first-order chi connectivity index (χ1) is 16.7. The molecule has 1 N–H and O–H groups in total. The topological polar surface area (TPSA) is 90.5 Å². The highest BCUT2D eigenvalue weighted by Crippen LogP contribution is 2.23. The highest BCUT2D eigenvalue weighted by molar-refractivity contribution is 7.99. The van der Waals surface area contributed by atoms with Crippen molar-refractivity contribution in [1.82, 2.24) is 24.5 Å². The molecular formula is C25H21N5O3S. The quantitative estimate of drug-likeness (QED) is 0.366. The molecule has 0 atom stereocenters. The molecule has 0 spiro atoms. The van der Waals surface area contributed by atoms with E-state index in [4.69, 9.17) is 4.74 Å². The first kappa shape index (κ1) is 21.7. The lowest BCUT2D eigenvalue weighted by Gasteiger charge is -2.11. The predicted molar refractivity (Wildman–Crippen MR) is 132 cm³/mol. The van der Waals surface area contributed by atoms with Gasteiger partial charge in [-0.25, -0.2) is 4.57 Å². The Kier molecular flexibility index (Phi) is 6.01. The van der Waals surface area contributed by atoms with E-state index in [-0.39, 0.29) is 17.2 Å². The van der Waals surface area contributed by atoms with Gasteiger partial charge in [-0.3, -0.25) is 14.0 Å². The van der Waals surface area contributed by atoms with Crippen LogP contribution < -0.4 is 15.6 Å². The fourth-order valence-corrected chi connectivity index (χ4v) is 4.58. The molecule has 0 bridgehead atoms. The van der Waals surface area contributed by atoms with Gasteiger partial charge in [0.05, 0.1) is 29.5 Å². The minimum Gasteiger partial charge on any atom is -0.496 e. The van der Waals surface area contributed by atoms with Crippen LogP contribution in [0.15, 0.2) is 88.8 Å². The van der Waals surface area contributed by atoms with Crippen molar-refractivity contribution in [2.45, 2.75) is 11.7 Å². The van der Waals surface area contributed by atoms with Gasteiger partial charge in [0, 0.05) is 12.1 Å². The molecule has 9 heteroatoms. The molecule has 34 heavy (non-hydrogen) atoms. The van der Waals surface area contributed by atoms with Crippen molar-refractivity contribution in [1.29, 1.82) is 0 Å². The van der Waals surface area contributed by atoms with Gasteiger partial charge in [0.15, 0.2) is 5.16 Å². The minimum atomic E-state index is -0.173. The average Bonchev–Trinajstić information content (AvgIpc) is 3.31. The molecule has 0 aliphatic heterocycles. The summed E-state index contributed by atoms with van der Waals surface area (Å²) in [4.78, 5) is 25.9. The van der Waals surface area contributed by atoms with Crippen LogP contribution in [-0.4, -0.2) is 37.9 Å². The summed E-state index contributed by atoms with van der Waals surface area (Å²) in [5, 5.41) is 12.6. The summed E-state index contributed by atoms with van der Waals surface area (Å²) in [5.41, 5.74) is 2.11. The van der Waals surface area contributed by atoms with E-state index in [9.17, 15) is 9.59 Å². The standard InChI is InChI=1S/C25H21N5O3S/c1-33-21-14-8-5-9-17(21)15-26-22(31)16-34-25-28-27-24-29(18-10-3-2-4-11-18)23(32)19-12-6-7-13-20(19)30(24)25/h2-14H,15-16H2,1H3,(H,26,31). The number of thioether (sulfide) groups is 1. The number of amides is 1. The molecule has 5 aromatic rings. The van der Waals surface area contributed by atoms with Gasteiger partial charge < -0.3 is 10.1 Å². The monoisotopic (exact) mass is 471 g/mol. The van der Waals surface area contributed by atoms with Gasteiger partial charge in [0.1, 0.15) is 5.75 Å². The Labute approximate surface area is 199 Å². The summed E-state index contributed by atoms with van der Waals surface area (Å²) in [5.74, 6) is 1.12.